The monoisotopic (exact) mass is 273 g/mol. The van der Waals surface area contributed by atoms with Gasteiger partial charge >= 0.3 is 5.97 Å². The van der Waals surface area contributed by atoms with Gasteiger partial charge in [-0.2, -0.15) is 0 Å². The fourth-order valence-corrected chi connectivity index (χ4v) is 2.39. The Morgan fingerprint density at radius 1 is 1.35 bits per heavy atom. The lowest BCUT2D eigenvalue weighted by Crippen LogP contribution is -2.24. The van der Waals surface area contributed by atoms with E-state index in [1.54, 1.807) is 0 Å². The molecule has 1 aliphatic heterocycles. The van der Waals surface area contributed by atoms with Gasteiger partial charge < -0.3 is 15.2 Å². The number of anilines is 1. The molecule has 1 aromatic heterocycles. The Kier molecular flexibility index (Phi) is 3.47. The minimum Gasteiger partial charge on any atom is -0.479 e. The number of nitrogens with zero attached hydrogens (tertiary/aromatic N) is 2. The molecular formula is C14H15N3O3. The summed E-state index contributed by atoms with van der Waals surface area (Å²) in [5.41, 5.74) is 0.876. The first kappa shape index (κ1) is 12.8. The highest BCUT2D eigenvalue weighted by Crippen LogP contribution is 2.22. The van der Waals surface area contributed by atoms with Crippen LogP contribution < -0.4 is 5.32 Å². The Balaban J connectivity index is 1.67. The SMILES string of the molecule is O=C(O)C1CCC(CNc2ncnc3ccccc23)O1. The van der Waals surface area contributed by atoms with Crippen molar-refractivity contribution in [2.45, 2.75) is 25.0 Å². The molecule has 2 heterocycles. The summed E-state index contributed by atoms with van der Waals surface area (Å²) >= 11 is 0. The number of carbonyl (C=O) groups is 1. The molecule has 0 spiro atoms. The molecule has 2 N–H and O–H groups in total. The number of aromatic nitrogens is 2. The Morgan fingerprint density at radius 3 is 3.00 bits per heavy atom. The van der Waals surface area contributed by atoms with Crippen molar-refractivity contribution < 1.29 is 14.6 Å². The van der Waals surface area contributed by atoms with Gasteiger partial charge in [0.05, 0.1) is 11.6 Å². The summed E-state index contributed by atoms with van der Waals surface area (Å²) in [6.45, 7) is 0.546. The van der Waals surface area contributed by atoms with Gasteiger partial charge in [0.25, 0.3) is 0 Å². The third kappa shape index (κ3) is 2.55. The second-order valence-electron chi connectivity index (χ2n) is 4.78. The van der Waals surface area contributed by atoms with Crippen LogP contribution in [-0.2, 0) is 9.53 Å². The molecule has 0 amide bonds. The zero-order valence-electron chi connectivity index (χ0n) is 10.8. The molecule has 6 nitrogen and oxygen atoms in total. The van der Waals surface area contributed by atoms with E-state index in [4.69, 9.17) is 9.84 Å². The van der Waals surface area contributed by atoms with E-state index in [1.165, 1.54) is 6.33 Å². The molecule has 6 heteroatoms. The maximum atomic E-state index is 10.8. The smallest absolute Gasteiger partial charge is 0.332 e. The largest absolute Gasteiger partial charge is 0.479 e. The Bertz CT molecular complexity index is 627. The first-order valence-corrected chi connectivity index (χ1v) is 6.56. The third-order valence-electron chi connectivity index (χ3n) is 3.42. The standard InChI is InChI=1S/C14H15N3O3/c18-14(19)12-6-5-9(20-12)7-15-13-10-3-1-2-4-11(10)16-8-17-13/h1-4,8-9,12H,5-7H2,(H,18,19)(H,15,16,17). The quantitative estimate of drug-likeness (QED) is 0.881. The van der Waals surface area contributed by atoms with E-state index in [0.717, 1.165) is 23.1 Å². The van der Waals surface area contributed by atoms with Crippen LogP contribution in [0.15, 0.2) is 30.6 Å². The highest BCUT2D eigenvalue weighted by atomic mass is 16.5. The van der Waals surface area contributed by atoms with Gasteiger partial charge in [0.2, 0.25) is 0 Å². The number of hydrogen-bond donors (Lipinski definition) is 2. The van der Waals surface area contributed by atoms with Crippen molar-refractivity contribution in [2.75, 3.05) is 11.9 Å². The number of nitrogens with one attached hydrogen (secondary N) is 1. The average Bonchev–Trinajstić information content (AvgIpc) is 2.94. The number of carboxylic acids is 1. The lowest BCUT2D eigenvalue weighted by Gasteiger charge is -2.13. The highest BCUT2D eigenvalue weighted by molar-refractivity contribution is 5.88. The van der Waals surface area contributed by atoms with Crippen LogP contribution in [0.1, 0.15) is 12.8 Å². The van der Waals surface area contributed by atoms with Crippen molar-refractivity contribution in [3.05, 3.63) is 30.6 Å². The molecule has 1 aliphatic rings. The summed E-state index contributed by atoms with van der Waals surface area (Å²) in [6.07, 6.45) is 2.05. The van der Waals surface area contributed by atoms with Gasteiger partial charge in [0.15, 0.2) is 6.10 Å². The molecule has 0 radical (unpaired) electrons. The minimum atomic E-state index is -0.889. The summed E-state index contributed by atoms with van der Waals surface area (Å²) in [7, 11) is 0. The van der Waals surface area contributed by atoms with Gasteiger partial charge in [-0.05, 0) is 25.0 Å². The molecule has 2 aromatic rings. The molecule has 104 valence electrons. The molecule has 0 saturated carbocycles. The van der Waals surface area contributed by atoms with Crippen molar-refractivity contribution in [2.24, 2.45) is 0 Å². The van der Waals surface area contributed by atoms with Crippen LogP contribution >= 0.6 is 0 Å². The lowest BCUT2D eigenvalue weighted by molar-refractivity contribution is -0.149. The highest BCUT2D eigenvalue weighted by Gasteiger charge is 2.30. The molecule has 1 fully saturated rings. The number of fused-ring (bicyclic) bond motifs is 1. The molecular weight excluding hydrogens is 258 g/mol. The molecule has 3 rings (SSSR count). The number of ether oxygens (including phenoxy) is 1. The summed E-state index contributed by atoms with van der Waals surface area (Å²) < 4.78 is 5.45. The van der Waals surface area contributed by atoms with Crippen molar-refractivity contribution in [3.8, 4) is 0 Å². The van der Waals surface area contributed by atoms with Gasteiger partial charge in [0.1, 0.15) is 12.1 Å². The van der Waals surface area contributed by atoms with E-state index in [-0.39, 0.29) is 6.10 Å². The van der Waals surface area contributed by atoms with E-state index in [9.17, 15) is 4.79 Å². The van der Waals surface area contributed by atoms with Crippen molar-refractivity contribution in [1.82, 2.24) is 9.97 Å². The fourth-order valence-electron chi connectivity index (χ4n) is 2.39. The summed E-state index contributed by atoms with van der Waals surface area (Å²) in [4.78, 5) is 19.3. The van der Waals surface area contributed by atoms with Crippen LogP contribution in [0.4, 0.5) is 5.82 Å². The Morgan fingerprint density at radius 2 is 2.20 bits per heavy atom. The minimum absolute atomic E-state index is 0.0928. The fraction of sp³-hybridized carbons (Fsp3) is 0.357. The second-order valence-corrected chi connectivity index (χ2v) is 4.78. The lowest BCUT2D eigenvalue weighted by atomic mass is 10.2. The first-order valence-electron chi connectivity index (χ1n) is 6.56. The van der Waals surface area contributed by atoms with Crippen molar-refractivity contribution >= 4 is 22.7 Å². The maximum Gasteiger partial charge on any atom is 0.332 e. The molecule has 20 heavy (non-hydrogen) atoms. The van der Waals surface area contributed by atoms with Gasteiger partial charge in [0, 0.05) is 11.9 Å². The Labute approximate surface area is 115 Å². The topological polar surface area (TPSA) is 84.3 Å². The zero-order valence-corrected chi connectivity index (χ0v) is 10.8. The summed E-state index contributed by atoms with van der Waals surface area (Å²) in [5, 5.41) is 13.1. The molecule has 2 atom stereocenters. The van der Waals surface area contributed by atoms with Crippen molar-refractivity contribution in [1.29, 1.82) is 0 Å². The maximum absolute atomic E-state index is 10.8. The van der Waals surface area contributed by atoms with Crippen LogP contribution in [0.2, 0.25) is 0 Å². The molecule has 1 saturated heterocycles. The second kappa shape index (κ2) is 5.42. The van der Waals surface area contributed by atoms with Gasteiger partial charge in [-0.3, -0.25) is 0 Å². The van der Waals surface area contributed by atoms with Crippen LogP contribution in [0.25, 0.3) is 10.9 Å². The van der Waals surface area contributed by atoms with Crippen LogP contribution in [0, 0.1) is 0 Å². The van der Waals surface area contributed by atoms with Crippen LogP contribution in [0.3, 0.4) is 0 Å². The van der Waals surface area contributed by atoms with Crippen LogP contribution in [-0.4, -0.2) is 39.8 Å². The third-order valence-corrected chi connectivity index (χ3v) is 3.42. The molecule has 0 aliphatic carbocycles. The summed E-state index contributed by atoms with van der Waals surface area (Å²) in [6, 6.07) is 7.74. The van der Waals surface area contributed by atoms with E-state index in [2.05, 4.69) is 15.3 Å². The van der Waals surface area contributed by atoms with Gasteiger partial charge in [-0.25, -0.2) is 14.8 Å². The number of carboxylic acid groups (broad SMARTS) is 1. The van der Waals surface area contributed by atoms with E-state index in [1.807, 2.05) is 24.3 Å². The van der Waals surface area contributed by atoms with Crippen molar-refractivity contribution in [3.63, 3.8) is 0 Å². The van der Waals surface area contributed by atoms with E-state index in [0.29, 0.717) is 13.0 Å². The summed E-state index contributed by atoms with van der Waals surface area (Å²) in [5.74, 6) is -0.141. The van der Waals surface area contributed by atoms with Gasteiger partial charge in [-0.15, -0.1) is 0 Å². The molecule has 1 aromatic carbocycles. The normalized spacial score (nSPS) is 22.0. The average molecular weight is 273 g/mol. The molecule has 2 unspecified atom stereocenters. The number of aliphatic carboxylic acids is 1. The predicted molar refractivity (Wildman–Crippen MR) is 73.6 cm³/mol. The Hall–Kier alpha value is -2.21. The van der Waals surface area contributed by atoms with Gasteiger partial charge in [-0.1, -0.05) is 12.1 Å². The number of benzene rings is 1. The van der Waals surface area contributed by atoms with Crippen LogP contribution in [0.5, 0.6) is 0 Å². The number of hydrogen-bond acceptors (Lipinski definition) is 5. The zero-order chi connectivity index (χ0) is 13.9. The molecule has 0 bridgehead atoms. The van der Waals surface area contributed by atoms with E-state index >= 15 is 0 Å². The van der Waals surface area contributed by atoms with E-state index < -0.39 is 12.1 Å². The number of rotatable bonds is 4. The first-order chi connectivity index (χ1) is 9.74. The number of para-hydroxylation sites is 1. The predicted octanol–water partition coefficient (Wildman–Crippen LogP) is 1.67.